The van der Waals surface area contributed by atoms with Crippen LogP contribution in [0.4, 0.5) is 0 Å². The van der Waals surface area contributed by atoms with Crippen LogP contribution in [0.1, 0.15) is 25.7 Å². The van der Waals surface area contributed by atoms with E-state index in [1.807, 2.05) is 6.07 Å². The molecule has 0 aliphatic carbocycles. The molecule has 1 rings (SSSR count). The molecule has 0 unspecified atom stereocenters. The van der Waals surface area contributed by atoms with E-state index in [1.165, 1.54) is 6.20 Å². The van der Waals surface area contributed by atoms with Gasteiger partial charge in [0.25, 0.3) is 5.91 Å². The molecule has 0 aromatic heterocycles. The number of amides is 1. The highest BCUT2D eigenvalue weighted by molar-refractivity contribution is 5.97. The molecule has 22 heavy (non-hydrogen) atoms. The zero-order valence-electron chi connectivity index (χ0n) is 12.1. The first-order chi connectivity index (χ1) is 10.4. The largest absolute Gasteiger partial charge is 0.481 e. The fourth-order valence-corrected chi connectivity index (χ4v) is 2.13. The predicted molar refractivity (Wildman–Crippen MR) is 75.5 cm³/mol. The number of carbonyl (C=O) groups is 3. The first kappa shape index (κ1) is 17.5. The van der Waals surface area contributed by atoms with Gasteiger partial charge in [0, 0.05) is 32.3 Å². The van der Waals surface area contributed by atoms with Crippen LogP contribution in [0.3, 0.4) is 0 Å². The molecular formula is C14H19N3O5. The molecule has 0 atom stereocenters. The van der Waals surface area contributed by atoms with Crippen LogP contribution >= 0.6 is 0 Å². The highest BCUT2D eigenvalue weighted by Crippen LogP contribution is 2.18. The Morgan fingerprint density at radius 2 is 1.91 bits per heavy atom. The second-order valence-corrected chi connectivity index (χ2v) is 5.06. The van der Waals surface area contributed by atoms with Gasteiger partial charge in [-0.15, -0.1) is 0 Å². The first-order valence-corrected chi connectivity index (χ1v) is 7.02. The summed E-state index contributed by atoms with van der Waals surface area (Å²) in [5, 5.41) is 28.9. The highest BCUT2D eigenvalue weighted by atomic mass is 16.4. The van der Waals surface area contributed by atoms with Crippen molar-refractivity contribution in [2.45, 2.75) is 25.7 Å². The van der Waals surface area contributed by atoms with Gasteiger partial charge >= 0.3 is 11.9 Å². The summed E-state index contributed by atoms with van der Waals surface area (Å²) < 4.78 is 0. The monoisotopic (exact) mass is 309 g/mol. The van der Waals surface area contributed by atoms with E-state index in [-0.39, 0.29) is 24.5 Å². The zero-order valence-corrected chi connectivity index (χ0v) is 12.1. The van der Waals surface area contributed by atoms with Crippen molar-refractivity contribution in [3.05, 3.63) is 11.8 Å². The third kappa shape index (κ3) is 5.83. The van der Waals surface area contributed by atoms with Gasteiger partial charge in [-0.05, 0) is 19.3 Å². The Labute approximate surface area is 128 Å². The molecule has 1 amide bonds. The lowest BCUT2D eigenvalue weighted by atomic mass is 9.97. The van der Waals surface area contributed by atoms with Crippen LogP contribution in [0.15, 0.2) is 11.8 Å². The number of hydrogen-bond acceptors (Lipinski definition) is 5. The number of piperidine rings is 1. The van der Waals surface area contributed by atoms with Crippen molar-refractivity contribution < 1.29 is 24.6 Å². The number of carboxylic acids is 2. The number of nitriles is 1. The Morgan fingerprint density at radius 3 is 2.41 bits per heavy atom. The SMILES string of the molecule is N#C/C(=C/N1CCC(C(=O)O)CC1)C(=O)NCCCC(=O)O. The van der Waals surface area contributed by atoms with E-state index < -0.39 is 17.8 Å². The minimum Gasteiger partial charge on any atom is -0.481 e. The molecule has 1 aliphatic heterocycles. The van der Waals surface area contributed by atoms with Gasteiger partial charge in [0.1, 0.15) is 11.6 Å². The molecule has 1 fully saturated rings. The van der Waals surface area contributed by atoms with Gasteiger partial charge in [0.15, 0.2) is 0 Å². The standard InChI is InChI=1S/C14H19N3O5/c15-8-11(13(20)16-5-1-2-12(18)19)9-17-6-3-10(4-7-17)14(21)22/h9-10H,1-7H2,(H,16,20)(H,18,19)(H,21,22)/b11-9-. The van der Waals surface area contributed by atoms with Crippen molar-refractivity contribution in [3.8, 4) is 6.07 Å². The van der Waals surface area contributed by atoms with Gasteiger partial charge in [-0.1, -0.05) is 0 Å². The van der Waals surface area contributed by atoms with Crippen molar-refractivity contribution in [3.63, 3.8) is 0 Å². The molecule has 1 saturated heterocycles. The molecule has 8 nitrogen and oxygen atoms in total. The van der Waals surface area contributed by atoms with E-state index in [9.17, 15) is 14.4 Å². The molecule has 0 aromatic carbocycles. The van der Waals surface area contributed by atoms with E-state index in [1.54, 1.807) is 4.90 Å². The predicted octanol–water partition coefficient (Wildman–Crippen LogP) is 0.171. The fraction of sp³-hybridized carbons (Fsp3) is 0.571. The average molecular weight is 309 g/mol. The second kappa shape index (κ2) is 8.67. The highest BCUT2D eigenvalue weighted by Gasteiger charge is 2.23. The van der Waals surface area contributed by atoms with Gasteiger partial charge < -0.3 is 20.4 Å². The molecule has 1 aliphatic rings. The van der Waals surface area contributed by atoms with Crippen LogP contribution in [0, 0.1) is 17.2 Å². The molecule has 120 valence electrons. The Bertz CT molecular complexity index is 501. The summed E-state index contributed by atoms with van der Waals surface area (Å²) in [6, 6.07) is 1.81. The molecule has 3 N–H and O–H groups in total. The Hall–Kier alpha value is -2.56. The summed E-state index contributed by atoms with van der Waals surface area (Å²) in [6.07, 6.45) is 2.64. The number of carbonyl (C=O) groups excluding carboxylic acids is 1. The van der Waals surface area contributed by atoms with E-state index in [0.29, 0.717) is 32.4 Å². The Morgan fingerprint density at radius 1 is 1.27 bits per heavy atom. The fourth-order valence-electron chi connectivity index (χ4n) is 2.13. The number of aliphatic carboxylic acids is 2. The second-order valence-electron chi connectivity index (χ2n) is 5.06. The van der Waals surface area contributed by atoms with Crippen LogP contribution in [0.2, 0.25) is 0 Å². The lowest BCUT2D eigenvalue weighted by Crippen LogP contribution is -2.34. The average Bonchev–Trinajstić information content (AvgIpc) is 2.49. The lowest BCUT2D eigenvalue weighted by molar-refractivity contribution is -0.143. The molecular weight excluding hydrogens is 290 g/mol. The third-order valence-electron chi connectivity index (χ3n) is 3.41. The summed E-state index contributed by atoms with van der Waals surface area (Å²) in [5.41, 5.74) is -0.0656. The van der Waals surface area contributed by atoms with Crippen LogP contribution in [-0.4, -0.2) is 52.6 Å². The summed E-state index contributed by atoms with van der Waals surface area (Å²) in [6.45, 7) is 1.15. The van der Waals surface area contributed by atoms with Gasteiger partial charge in [-0.25, -0.2) is 0 Å². The maximum Gasteiger partial charge on any atom is 0.306 e. The molecule has 0 aromatic rings. The van der Waals surface area contributed by atoms with E-state index in [4.69, 9.17) is 15.5 Å². The molecule has 0 saturated carbocycles. The van der Waals surface area contributed by atoms with Crippen molar-refractivity contribution in [2.24, 2.45) is 5.92 Å². The molecule has 1 heterocycles. The minimum atomic E-state index is -0.938. The number of nitrogens with one attached hydrogen (secondary N) is 1. The van der Waals surface area contributed by atoms with Crippen LogP contribution < -0.4 is 5.32 Å². The van der Waals surface area contributed by atoms with Gasteiger partial charge in [0.05, 0.1) is 5.92 Å². The van der Waals surface area contributed by atoms with Crippen molar-refractivity contribution in [2.75, 3.05) is 19.6 Å². The summed E-state index contributed by atoms with van der Waals surface area (Å²) in [7, 11) is 0. The maximum absolute atomic E-state index is 11.8. The smallest absolute Gasteiger partial charge is 0.306 e. The van der Waals surface area contributed by atoms with Crippen molar-refractivity contribution in [1.29, 1.82) is 5.26 Å². The number of likely N-dealkylation sites (tertiary alicyclic amines) is 1. The van der Waals surface area contributed by atoms with E-state index >= 15 is 0 Å². The molecule has 0 bridgehead atoms. The van der Waals surface area contributed by atoms with Crippen LogP contribution in [-0.2, 0) is 14.4 Å². The number of nitrogens with zero attached hydrogens (tertiary/aromatic N) is 2. The Balaban J connectivity index is 2.46. The van der Waals surface area contributed by atoms with Gasteiger partial charge in [0.2, 0.25) is 0 Å². The molecule has 0 radical (unpaired) electrons. The van der Waals surface area contributed by atoms with Gasteiger partial charge in [-0.2, -0.15) is 5.26 Å². The zero-order chi connectivity index (χ0) is 16.5. The summed E-state index contributed by atoms with van der Waals surface area (Å²) >= 11 is 0. The summed E-state index contributed by atoms with van der Waals surface area (Å²) in [5.74, 6) is -2.68. The quantitative estimate of drug-likeness (QED) is 0.347. The number of carboxylic acid groups (broad SMARTS) is 2. The van der Waals surface area contributed by atoms with Crippen LogP contribution in [0.5, 0.6) is 0 Å². The normalized spacial score (nSPS) is 16.0. The van der Waals surface area contributed by atoms with Crippen molar-refractivity contribution >= 4 is 17.8 Å². The van der Waals surface area contributed by atoms with Crippen LogP contribution in [0.25, 0.3) is 0 Å². The molecule has 0 spiro atoms. The molecule has 8 heteroatoms. The van der Waals surface area contributed by atoms with Crippen molar-refractivity contribution in [1.82, 2.24) is 10.2 Å². The van der Waals surface area contributed by atoms with Gasteiger partial charge in [-0.3, -0.25) is 14.4 Å². The lowest BCUT2D eigenvalue weighted by Gasteiger charge is -2.29. The number of rotatable bonds is 7. The summed E-state index contributed by atoms with van der Waals surface area (Å²) in [4.78, 5) is 34.8. The number of hydrogen-bond donors (Lipinski definition) is 3. The first-order valence-electron chi connectivity index (χ1n) is 7.02. The third-order valence-corrected chi connectivity index (χ3v) is 3.41. The van der Waals surface area contributed by atoms with E-state index in [2.05, 4.69) is 5.32 Å². The minimum absolute atomic E-state index is 0.0470. The Kier molecular flexibility index (Phi) is 6.89. The maximum atomic E-state index is 11.8. The topological polar surface area (TPSA) is 131 Å². The van der Waals surface area contributed by atoms with E-state index in [0.717, 1.165) is 0 Å².